The van der Waals surface area contributed by atoms with Crippen molar-refractivity contribution in [1.29, 1.82) is 0 Å². The van der Waals surface area contributed by atoms with Gasteiger partial charge in [-0.2, -0.15) is 0 Å². The third-order valence-electron chi connectivity index (χ3n) is 4.77. The molecule has 0 nitrogen and oxygen atoms in total. The fraction of sp³-hybridized carbons (Fsp3) is 0.217. The van der Waals surface area contributed by atoms with Gasteiger partial charge in [0, 0.05) is 11.8 Å². The zero-order chi connectivity index (χ0) is 16.2. The van der Waals surface area contributed by atoms with Gasteiger partial charge in [-0.05, 0) is 29.2 Å². The molecule has 2 atom stereocenters. The maximum atomic E-state index is 2.35. The van der Waals surface area contributed by atoms with Crippen LogP contribution >= 0.6 is 0 Å². The average Bonchev–Trinajstić information content (AvgIpc) is 2.62. The SMILES string of the molecule is Cc1ccc(C(C)c2ccccc2)c(C(C)c2ccccc2)c1. The van der Waals surface area contributed by atoms with Crippen LogP contribution in [0.3, 0.4) is 0 Å². The summed E-state index contributed by atoms with van der Waals surface area (Å²) >= 11 is 0. The number of benzene rings is 3. The number of hydrogen-bond donors (Lipinski definition) is 0. The fourth-order valence-electron chi connectivity index (χ4n) is 3.31. The molecule has 116 valence electrons. The Labute approximate surface area is 139 Å². The van der Waals surface area contributed by atoms with Crippen LogP contribution in [0.25, 0.3) is 0 Å². The van der Waals surface area contributed by atoms with Gasteiger partial charge in [-0.1, -0.05) is 98.3 Å². The van der Waals surface area contributed by atoms with Crippen LogP contribution in [0.2, 0.25) is 0 Å². The zero-order valence-corrected chi connectivity index (χ0v) is 14.2. The Balaban J connectivity index is 2.05. The van der Waals surface area contributed by atoms with Gasteiger partial charge in [0.1, 0.15) is 0 Å². The van der Waals surface area contributed by atoms with Crippen LogP contribution in [0.1, 0.15) is 53.5 Å². The predicted molar refractivity (Wildman–Crippen MR) is 99.1 cm³/mol. The second-order valence-corrected chi connectivity index (χ2v) is 6.40. The molecule has 0 aromatic heterocycles. The number of aryl methyl sites for hydroxylation is 1. The van der Waals surface area contributed by atoms with E-state index in [1.54, 1.807) is 0 Å². The highest BCUT2D eigenvalue weighted by atomic mass is 14.2. The molecule has 23 heavy (non-hydrogen) atoms. The molecular weight excluding hydrogens is 276 g/mol. The van der Waals surface area contributed by atoms with Crippen molar-refractivity contribution in [2.24, 2.45) is 0 Å². The maximum Gasteiger partial charge on any atom is 0.00640 e. The second-order valence-electron chi connectivity index (χ2n) is 6.40. The first-order valence-electron chi connectivity index (χ1n) is 8.37. The van der Waals surface area contributed by atoms with E-state index in [4.69, 9.17) is 0 Å². The Morgan fingerprint density at radius 1 is 0.565 bits per heavy atom. The van der Waals surface area contributed by atoms with Crippen molar-refractivity contribution < 1.29 is 0 Å². The summed E-state index contributed by atoms with van der Waals surface area (Å²) < 4.78 is 0. The molecule has 0 fully saturated rings. The highest BCUT2D eigenvalue weighted by Gasteiger charge is 2.18. The summed E-state index contributed by atoms with van der Waals surface area (Å²) in [5.74, 6) is 0.801. The van der Waals surface area contributed by atoms with Crippen molar-refractivity contribution in [1.82, 2.24) is 0 Å². The monoisotopic (exact) mass is 300 g/mol. The molecule has 2 unspecified atom stereocenters. The Kier molecular flexibility index (Phi) is 4.62. The van der Waals surface area contributed by atoms with Crippen LogP contribution in [-0.2, 0) is 0 Å². The molecule has 0 amide bonds. The largest absolute Gasteiger partial charge is 0.0622 e. The van der Waals surface area contributed by atoms with E-state index < -0.39 is 0 Å². The Morgan fingerprint density at radius 2 is 1.04 bits per heavy atom. The molecule has 0 bridgehead atoms. The van der Waals surface area contributed by atoms with E-state index in [1.165, 1.54) is 27.8 Å². The standard InChI is InChI=1S/C23H24/c1-17-14-15-22(18(2)20-10-6-4-7-11-20)23(16-17)19(3)21-12-8-5-9-13-21/h4-16,18-19H,1-3H3. The first-order valence-corrected chi connectivity index (χ1v) is 8.37. The average molecular weight is 300 g/mol. The van der Waals surface area contributed by atoms with Crippen LogP contribution in [0.15, 0.2) is 78.9 Å². The molecule has 0 spiro atoms. The van der Waals surface area contributed by atoms with E-state index >= 15 is 0 Å². The molecule has 0 heteroatoms. The van der Waals surface area contributed by atoms with E-state index in [0.717, 1.165) is 0 Å². The molecule has 3 aromatic rings. The normalized spacial score (nSPS) is 13.5. The van der Waals surface area contributed by atoms with Crippen molar-refractivity contribution in [3.63, 3.8) is 0 Å². The van der Waals surface area contributed by atoms with E-state index in [-0.39, 0.29) is 0 Å². The van der Waals surface area contributed by atoms with Gasteiger partial charge in [-0.25, -0.2) is 0 Å². The van der Waals surface area contributed by atoms with Crippen molar-refractivity contribution in [2.75, 3.05) is 0 Å². The third kappa shape index (κ3) is 3.37. The molecule has 0 saturated heterocycles. The van der Waals surface area contributed by atoms with E-state index in [9.17, 15) is 0 Å². The van der Waals surface area contributed by atoms with Crippen LogP contribution in [0.5, 0.6) is 0 Å². The summed E-state index contributed by atoms with van der Waals surface area (Å²) in [6, 6.07) is 28.5. The van der Waals surface area contributed by atoms with Crippen molar-refractivity contribution >= 4 is 0 Å². The highest BCUT2D eigenvalue weighted by molar-refractivity contribution is 5.44. The maximum absolute atomic E-state index is 2.35. The first kappa shape index (κ1) is 15.6. The van der Waals surface area contributed by atoms with Gasteiger partial charge in [-0.3, -0.25) is 0 Å². The predicted octanol–water partition coefficient (Wildman–Crippen LogP) is 6.30. The Hall–Kier alpha value is -2.34. The zero-order valence-electron chi connectivity index (χ0n) is 14.2. The van der Waals surface area contributed by atoms with Gasteiger partial charge < -0.3 is 0 Å². The van der Waals surface area contributed by atoms with Gasteiger partial charge in [0.05, 0.1) is 0 Å². The van der Waals surface area contributed by atoms with Gasteiger partial charge in [-0.15, -0.1) is 0 Å². The second kappa shape index (κ2) is 6.83. The molecule has 0 aliphatic carbocycles. The molecule has 0 N–H and O–H groups in total. The molecule has 0 aliphatic heterocycles. The smallest absolute Gasteiger partial charge is 0.00640 e. The highest BCUT2D eigenvalue weighted by Crippen LogP contribution is 2.34. The lowest BCUT2D eigenvalue weighted by Crippen LogP contribution is -2.06. The summed E-state index contributed by atoms with van der Waals surface area (Å²) in [5, 5.41) is 0. The van der Waals surface area contributed by atoms with Crippen LogP contribution in [0.4, 0.5) is 0 Å². The quantitative estimate of drug-likeness (QED) is 0.530. The summed E-state index contributed by atoms with van der Waals surface area (Å²) in [5.41, 5.74) is 6.94. The lowest BCUT2D eigenvalue weighted by atomic mass is 9.82. The van der Waals surface area contributed by atoms with Crippen molar-refractivity contribution in [3.8, 4) is 0 Å². The van der Waals surface area contributed by atoms with Crippen molar-refractivity contribution in [3.05, 3.63) is 107 Å². The summed E-state index contributed by atoms with van der Waals surface area (Å²) in [7, 11) is 0. The first-order chi connectivity index (χ1) is 11.2. The summed E-state index contributed by atoms with van der Waals surface area (Å²) in [6.45, 7) is 6.80. The Bertz CT molecular complexity index is 757. The third-order valence-corrected chi connectivity index (χ3v) is 4.77. The fourth-order valence-corrected chi connectivity index (χ4v) is 3.31. The minimum Gasteiger partial charge on any atom is -0.0622 e. The number of hydrogen-bond acceptors (Lipinski definition) is 0. The van der Waals surface area contributed by atoms with Crippen molar-refractivity contribution in [2.45, 2.75) is 32.6 Å². The minimum absolute atomic E-state index is 0.400. The lowest BCUT2D eigenvalue weighted by Gasteiger charge is -2.22. The molecule has 0 radical (unpaired) electrons. The summed E-state index contributed by atoms with van der Waals surface area (Å²) in [6.07, 6.45) is 0. The van der Waals surface area contributed by atoms with Gasteiger partial charge in [0.25, 0.3) is 0 Å². The Morgan fingerprint density at radius 3 is 1.57 bits per heavy atom. The molecule has 0 aliphatic rings. The van der Waals surface area contributed by atoms with Crippen LogP contribution in [0, 0.1) is 6.92 Å². The lowest BCUT2D eigenvalue weighted by molar-refractivity contribution is 0.841. The van der Waals surface area contributed by atoms with E-state index in [1.807, 2.05) is 0 Å². The van der Waals surface area contributed by atoms with Crippen LogP contribution in [-0.4, -0.2) is 0 Å². The molecule has 3 rings (SSSR count). The molecule has 3 aromatic carbocycles. The molecule has 0 saturated carbocycles. The van der Waals surface area contributed by atoms with Gasteiger partial charge in [0.15, 0.2) is 0 Å². The van der Waals surface area contributed by atoms with Gasteiger partial charge >= 0.3 is 0 Å². The van der Waals surface area contributed by atoms with E-state index in [0.29, 0.717) is 11.8 Å². The number of rotatable bonds is 4. The van der Waals surface area contributed by atoms with Crippen LogP contribution < -0.4 is 0 Å². The topological polar surface area (TPSA) is 0 Å². The summed E-state index contributed by atoms with van der Waals surface area (Å²) in [4.78, 5) is 0. The molecular formula is C23H24. The van der Waals surface area contributed by atoms with E-state index in [2.05, 4.69) is 99.6 Å². The minimum atomic E-state index is 0.400. The van der Waals surface area contributed by atoms with Gasteiger partial charge in [0.2, 0.25) is 0 Å². The molecule has 0 heterocycles.